The Hall–Kier alpha value is -0.870. The number of unbranched alkanes of at least 4 members (excludes halogenated alkanes) is 1. The van der Waals surface area contributed by atoms with E-state index in [4.69, 9.17) is 9.84 Å². The quantitative estimate of drug-likeness (QED) is 0.635. The molecule has 1 rings (SSSR count). The Bertz CT molecular complexity index is 397. The second-order valence-electron chi connectivity index (χ2n) is 5.45. The second kappa shape index (κ2) is 9.96. The van der Waals surface area contributed by atoms with E-state index in [2.05, 4.69) is 37.7 Å². The summed E-state index contributed by atoms with van der Waals surface area (Å²) in [5.41, 5.74) is 4.02. The average Bonchev–Trinajstić information content (AvgIpc) is 2.86. The molecule has 4 nitrogen and oxygen atoms in total. The Morgan fingerprint density at radius 3 is 2.43 bits per heavy atom. The number of aromatic nitrogens is 2. The molecular weight excluding hydrogens is 262 g/mol. The summed E-state index contributed by atoms with van der Waals surface area (Å²) in [6, 6.07) is 0.407. The van der Waals surface area contributed by atoms with Gasteiger partial charge in [-0.05, 0) is 32.7 Å². The van der Waals surface area contributed by atoms with Gasteiger partial charge in [-0.1, -0.05) is 34.1 Å². The first-order valence-electron chi connectivity index (χ1n) is 8.56. The highest BCUT2D eigenvalue weighted by atomic mass is 16.5. The smallest absolute Gasteiger partial charge is 0.0672 e. The van der Waals surface area contributed by atoms with E-state index in [1.165, 1.54) is 23.4 Å². The Kier molecular flexibility index (Phi) is 8.62. The van der Waals surface area contributed by atoms with Crippen molar-refractivity contribution in [2.24, 2.45) is 0 Å². The van der Waals surface area contributed by atoms with Crippen LogP contribution in [0.25, 0.3) is 0 Å². The highest BCUT2D eigenvalue weighted by Gasteiger charge is 2.21. The summed E-state index contributed by atoms with van der Waals surface area (Å²) in [5.74, 6) is 0. The molecule has 0 radical (unpaired) electrons. The van der Waals surface area contributed by atoms with Crippen molar-refractivity contribution in [1.29, 1.82) is 0 Å². The van der Waals surface area contributed by atoms with Crippen LogP contribution in [0.3, 0.4) is 0 Å². The molecule has 122 valence electrons. The molecule has 1 heterocycles. The van der Waals surface area contributed by atoms with Crippen molar-refractivity contribution in [2.75, 3.05) is 20.3 Å². The summed E-state index contributed by atoms with van der Waals surface area (Å²) in [7, 11) is 2.04. The third-order valence-corrected chi connectivity index (χ3v) is 4.04. The van der Waals surface area contributed by atoms with Crippen LogP contribution in [0.4, 0.5) is 0 Å². The number of hydrogen-bond acceptors (Lipinski definition) is 3. The molecule has 0 spiro atoms. The standard InChI is InChI=1S/C17H33N3O/c1-6-10-12-21-13-11-20-16(9-4)17(14(7-2)18-5)15(8-3)19-20/h14,18H,6-13H2,1-5H3. The number of rotatable bonds is 11. The van der Waals surface area contributed by atoms with E-state index in [-0.39, 0.29) is 0 Å². The van der Waals surface area contributed by atoms with Crippen LogP contribution in [0.2, 0.25) is 0 Å². The monoisotopic (exact) mass is 295 g/mol. The van der Waals surface area contributed by atoms with Crippen LogP contribution >= 0.6 is 0 Å². The lowest BCUT2D eigenvalue weighted by molar-refractivity contribution is 0.120. The van der Waals surface area contributed by atoms with E-state index in [1.807, 2.05) is 7.05 Å². The van der Waals surface area contributed by atoms with Crippen molar-refractivity contribution in [2.45, 2.75) is 72.4 Å². The maximum absolute atomic E-state index is 5.70. The zero-order chi connectivity index (χ0) is 15.7. The van der Waals surface area contributed by atoms with Crippen molar-refractivity contribution < 1.29 is 4.74 Å². The summed E-state index contributed by atoms with van der Waals surface area (Å²) < 4.78 is 7.86. The van der Waals surface area contributed by atoms with Crippen molar-refractivity contribution in [3.8, 4) is 0 Å². The predicted octanol–water partition coefficient (Wildman–Crippen LogP) is 3.50. The molecule has 0 saturated carbocycles. The molecule has 1 N–H and O–H groups in total. The van der Waals surface area contributed by atoms with Crippen LogP contribution in [0.15, 0.2) is 0 Å². The maximum Gasteiger partial charge on any atom is 0.0672 e. The zero-order valence-electron chi connectivity index (χ0n) is 14.5. The van der Waals surface area contributed by atoms with Gasteiger partial charge in [-0.15, -0.1) is 0 Å². The topological polar surface area (TPSA) is 39.1 Å². The molecule has 0 saturated heterocycles. The Labute approximate surface area is 130 Å². The second-order valence-corrected chi connectivity index (χ2v) is 5.45. The molecular formula is C17H33N3O. The normalized spacial score (nSPS) is 12.8. The van der Waals surface area contributed by atoms with Gasteiger partial charge in [0.15, 0.2) is 0 Å². The predicted molar refractivity (Wildman–Crippen MR) is 88.8 cm³/mol. The van der Waals surface area contributed by atoms with E-state index < -0.39 is 0 Å². The summed E-state index contributed by atoms with van der Waals surface area (Å²) in [4.78, 5) is 0. The Balaban J connectivity index is 2.84. The third-order valence-electron chi connectivity index (χ3n) is 4.04. The minimum atomic E-state index is 0.407. The van der Waals surface area contributed by atoms with Gasteiger partial charge in [0.25, 0.3) is 0 Å². The lowest BCUT2D eigenvalue weighted by Gasteiger charge is -2.16. The molecule has 0 aromatic carbocycles. The molecule has 0 amide bonds. The molecule has 0 aliphatic carbocycles. The summed E-state index contributed by atoms with van der Waals surface area (Å²) >= 11 is 0. The number of ether oxygens (including phenoxy) is 1. The fourth-order valence-corrected chi connectivity index (χ4v) is 2.84. The van der Waals surface area contributed by atoms with Gasteiger partial charge in [0, 0.05) is 23.9 Å². The van der Waals surface area contributed by atoms with Crippen LogP contribution < -0.4 is 5.32 Å². The Morgan fingerprint density at radius 1 is 1.14 bits per heavy atom. The molecule has 21 heavy (non-hydrogen) atoms. The zero-order valence-corrected chi connectivity index (χ0v) is 14.5. The van der Waals surface area contributed by atoms with E-state index in [9.17, 15) is 0 Å². The fourth-order valence-electron chi connectivity index (χ4n) is 2.84. The minimum absolute atomic E-state index is 0.407. The van der Waals surface area contributed by atoms with Gasteiger partial charge in [0.05, 0.1) is 18.8 Å². The molecule has 0 bridgehead atoms. The molecule has 1 unspecified atom stereocenters. The van der Waals surface area contributed by atoms with E-state index in [0.717, 1.165) is 45.4 Å². The van der Waals surface area contributed by atoms with E-state index in [1.54, 1.807) is 0 Å². The molecule has 0 fully saturated rings. The fraction of sp³-hybridized carbons (Fsp3) is 0.824. The number of aryl methyl sites for hydroxylation is 1. The molecule has 1 atom stereocenters. The van der Waals surface area contributed by atoms with Gasteiger partial charge >= 0.3 is 0 Å². The van der Waals surface area contributed by atoms with Crippen LogP contribution in [0.5, 0.6) is 0 Å². The highest BCUT2D eigenvalue weighted by Crippen LogP contribution is 2.25. The minimum Gasteiger partial charge on any atom is -0.380 e. The number of nitrogens with one attached hydrogen (secondary N) is 1. The van der Waals surface area contributed by atoms with Crippen molar-refractivity contribution in [3.05, 3.63) is 17.0 Å². The molecule has 1 aromatic heterocycles. The van der Waals surface area contributed by atoms with Crippen molar-refractivity contribution >= 4 is 0 Å². The van der Waals surface area contributed by atoms with Crippen LogP contribution in [-0.2, 0) is 24.1 Å². The lowest BCUT2D eigenvalue weighted by atomic mass is 9.99. The first-order chi connectivity index (χ1) is 10.2. The van der Waals surface area contributed by atoms with Crippen molar-refractivity contribution in [3.63, 3.8) is 0 Å². The number of hydrogen-bond donors (Lipinski definition) is 1. The van der Waals surface area contributed by atoms with Crippen LogP contribution in [0.1, 0.15) is 70.0 Å². The molecule has 4 heteroatoms. The largest absolute Gasteiger partial charge is 0.380 e. The highest BCUT2D eigenvalue weighted by molar-refractivity contribution is 5.30. The van der Waals surface area contributed by atoms with E-state index in [0.29, 0.717) is 6.04 Å². The van der Waals surface area contributed by atoms with Gasteiger partial charge in [-0.25, -0.2) is 0 Å². The SMILES string of the molecule is CCCCOCCn1nc(CC)c(C(CC)NC)c1CC. The van der Waals surface area contributed by atoms with Crippen molar-refractivity contribution in [1.82, 2.24) is 15.1 Å². The lowest BCUT2D eigenvalue weighted by Crippen LogP contribution is -2.18. The van der Waals surface area contributed by atoms with E-state index >= 15 is 0 Å². The number of nitrogens with zero attached hydrogens (tertiary/aromatic N) is 2. The molecule has 1 aromatic rings. The van der Waals surface area contributed by atoms with Crippen LogP contribution in [0, 0.1) is 0 Å². The molecule has 0 aliphatic heterocycles. The van der Waals surface area contributed by atoms with Gasteiger partial charge in [0.2, 0.25) is 0 Å². The van der Waals surface area contributed by atoms with Gasteiger partial charge in [-0.2, -0.15) is 5.10 Å². The maximum atomic E-state index is 5.70. The average molecular weight is 295 g/mol. The summed E-state index contributed by atoms with van der Waals surface area (Å²) in [5, 5.41) is 8.26. The Morgan fingerprint density at radius 2 is 1.90 bits per heavy atom. The van der Waals surface area contributed by atoms with Gasteiger partial charge < -0.3 is 10.1 Å². The summed E-state index contributed by atoms with van der Waals surface area (Å²) in [6.07, 6.45) is 5.43. The van der Waals surface area contributed by atoms with Gasteiger partial charge in [0.1, 0.15) is 0 Å². The first-order valence-corrected chi connectivity index (χ1v) is 8.56. The van der Waals surface area contributed by atoms with Gasteiger partial charge in [-0.3, -0.25) is 4.68 Å². The summed E-state index contributed by atoms with van der Waals surface area (Å²) in [6.45, 7) is 11.3. The third kappa shape index (κ3) is 4.82. The first kappa shape index (κ1) is 18.2. The van der Waals surface area contributed by atoms with Crippen LogP contribution in [-0.4, -0.2) is 30.0 Å². The molecule has 0 aliphatic rings.